The van der Waals surface area contributed by atoms with Gasteiger partial charge in [0.05, 0.1) is 17.8 Å². The van der Waals surface area contributed by atoms with Crippen LogP contribution in [-0.4, -0.2) is 29.0 Å². The minimum atomic E-state index is -0.155. The summed E-state index contributed by atoms with van der Waals surface area (Å²) >= 11 is 0. The summed E-state index contributed by atoms with van der Waals surface area (Å²) in [5.74, 6) is 0. The number of hydrogen-bond acceptors (Lipinski definition) is 3. The van der Waals surface area contributed by atoms with Gasteiger partial charge in [0.1, 0.15) is 0 Å². The summed E-state index contributed by atoms with van der Waals surface area (Å²) in [5.41, 5.74) is 1.06. The molecule has 0 radical (unpaired) electrons. The smallest absolute Gasteiger partial charge is 0.0868 e. The first-order valence-corrected chi connectivity index (χ1v) is 6.98. The quantitative estimate of drug-likeness (QED) is 0.774. The molecule has 0 aliphatic carbocycles. The molecule has 0 saturated carbocycles. The van der Waals surface area contributed by atoms with Crippen molar-refractivity contribution in [3.63, 3.8) is 0 Å². The Kier molecular flexibility index (Phi) is 5.82. The van der Waals surface area contributed by atoms with Crippen LogP contribution < -0.4 is 5.32 Å². The number of nitrogens with zero attached hydrogens (tertiary/aromatic N) is 2. The highest BCUT2D eigenvalue weighted by molar-refractivity contribution is 5.16. The minimum absolute atomic E-state index is 0.155. The first-order chi connectivity index (χ1) is 8.67. The van der Waals surface area contributed by atoms with E-state index in [0.29, 0.717) is 0 Å². The number of rotatable bonds is 8. The van der Waals surface area contributed by atoms with Crippen LogP contribution in [-0.2, 0) is 11.3 Å². The molecule has 1 N–H and O–H groups in total. The molecule has 18 heavy (non-hydrogen) atoms. The van der Waals surface area contributed by atoms with Crippen molar-refractivity contribution in [3.05, 3.63) is 18.0 Å². The summed E-state index contributed by atoms with van der Waals surface area (Å²) < 4.78 is 7.81. The minimum Gasteiger partial charge on any atom is -0.376 e. The van der Waals surface area contributed by atoms with Crippen molar-refractivity contribution in [2.75, 3.05) is 13.7 Å². The summed E-state index contributed by atoms with van der Waals surface area (Å²) in [6.45, 7) is 10.4. The molecule has 0 amide bonds. The van der Waals surface area contributed by atoms with Gasteiger partial charge in [-0.3, -0.25) is 4.68 Å². The number of hydrogen-bond donors (Lipinski definition) is 1. The van der Waals surface area contributed by atoms with Crippen LogP contribution in [0.25, 0.3) is 0 Å². The number of aryl methyl sites for hydroxylation is 1. The van der Waals surface area contributed by atoms with Crippen molar-refractivity contribution in [2.24, 2.45) is 0 Å². The maximum atomic E-state index is 5.85. The molecule has 0 aromatic carbocycles. The average Bonchev–Trinajstić information content (AvgIpc) is 2.88. The maximum absolute atomic E-state index is 5.85. The largest absolute Gasteiger partial charge is 0.376 e. The van der Waals surface area contributed by atoms with Crippen LogP contribution >= 0.6 is 0 Å². The third-order valence-electron chi connectivity index (χ3n) is 3.85. The number of methoxy groups -OCH3 is 1. The van der Waals surface area contributed by atoms with E-state index in [1.165, 1.54) is 5.56 Å². The van der Waals surface area contributed by atoms with Crippen LogP contribution in [0.2, 0.25) is 0 Å². The predicted octanol–water partition coefficient (Wildman–Crippen LogP) is 2.76. The first-order valence-electron chi connectivity index (χ1n) is 6.98. The van der Waals surface area contributed by atoms with Crippen molar-refractivity contribution in [3.8, 4) is 0 Å². The monoisotopic (exact) mass is 253 g/mol. The fourth-order valence-corrected chi connectivity index (χ4v) is 2.58. The van der Waals surface area contributed by atoms with Gasteiger partial charge in [-0.15, -0.1) is 0 Å². The van der Waals surface area contributed by atoms with Gasteiger partial charge in [0, 0.05) is 25.4 Å². The molecule has 1 unspecified atom stereocenters. The zero-order valence-electron chi connectivity index (χ0n) is 12.4. The molecule has 1 atom stereocenters. The molecule has 0 saturated heterocycles. The van der Waals surface area contributed by atoms with Crippen LogP contribution in [0.1, 0.15) is 52.1 Å². The normalized spacial score (nSPS) is 13.8. The van der Waals surface area contributed by atoms with Gasteiger partial charge in [0.2, 0.25) is 0 Å². The Morgan fingerprint density at radius 3 is 2.39 bits per heavy atom. The Labute approximate surface area is 111 Å². The first kappa shape index (κ1) is 15.2. The molecule has 4 heteroatoms. The molecule has 0 fully saturated rings. The van der Waals surface area contributed by atoms with Gasteiger partial charge in [-0.1, -0.05) is 20.8 Å². The van der Waals surface area contributed by atoms with Crippen molar-refractivity contribution >= 4 is 0 Å². The molecule has 1 heterocycles. The highest BCUT2D eigenvalue weighted by Crippen LogP contribution is 2.34. The van der Waals surface area contributed by atoms with Gasteiger partial charge >= 0.3 is 0 Å². The van der Waals surface area contributed by atoms with Gasteiger partial charge in [-0.25, -0.2) is 0 Å². The standard InChI is InChI=1S/C14H27N3O/c1-6-14(7-2,18-5)13(15-8-3)12-10-16-17(9-4)11-12/h10-11,13,15H,6-9H2,1-5H3. The summed E-state index contributed by atoms with van der Waals surface area (Å²) in [4.78, 5) is 0. The number of ether oxygens (including phenoxy) is 1. The highest BCUT2D eigenvalue weighted by atomic mass is 16.5. The summed E-state index contributed by atoms with van der Waals surface area (Å²) in [6.07, 6.45) is 6.03. The molecular formula is C14H27N3O. The zero-order chi connectivity index (χ0) is 13.6. The van der Waals surface area contributed by atoms with Gasteiger partial charge < -0.3 is 10.1 Å². The van der Waals surface area contributed by atoms with Crippen LogP contribution in [0.4, 0.5) is 0 Å². The zero-order valence-corrected chi connectivity index (χ0v) is 12.4. The average molecular weight is 253 g/mol. The van der Waals surface area contributed by atoms with Crippen LogP contribution in [0.15, 0.2) is 12.4 Å². The van der Waals surface area contributed by atoms with Gasteiger partial charge in [-0.2, -0.15) is 5.10 Å². The van der Waals surface area contributed by atoms with E-state index in [9.17, 15) is 0 Å². The number of nitrogens with one attached hydrogen (secondary N) is 1. The van der Waals surface area contributed by atoms with Crippen LogP contribution in [0, 0.1) is 0 Å². The van der Waals surface area contributed by atoms with Crippen molar-refractivity contribution in [1.82, 2.24) is 15.1 Å². The Hall–Kier alpha value is -0.870. The summed E-state index contributed by atoms with van der Waals surface area (Å²) in [6, 6.07) is 0.197. The molecular weight excluding hydrogens is 226 g/mol. The molecule has 0 aliphatic heterocycles. The molecule has 1 aromatic rings. The fraction of sp³-hybridized carbons (Fsp3) is 0.786. The fourth-order valence-electron chi connectivity index (χ4n) is 2.58. The lowest BCUT2D eigenvalue weighted by molar-refractivity contribution is -0.0482. The van der Waals surface area contributed by atoms with E-state index in [-0.39, 0.29) is 11.6 Å². The number of likely N-dealkylation sites (N-methyl/N-ethyl adjacent to an activating group) is 1. The molecule has 1 rings (SSSR count). The van der Waals surface area contributed by atoms with Crippen molar-refractivity contribution in [1.29, 1.82) is 0 Å². The topological polar surface area (TPSA) is 39.1 Å². The third-order valence-corrected chi connectivity index (χ3v) is 3.85. The Morgan fingerprint density at radius 1 is 1.33 bits per heavy atom. The van der Waals surface area contributed by atoms with E-state index in [1.54, 1.807) is 0 Å². The maximum Gasteiger partial charge on any atom is 0.0868 e. The predicted molar refractivity (Wildman–Crippen MR) is 74.6 cm³/mol. The Bertz CT molecular complexity index is 336. The van der Waals surface area contributed by atoms with Gasteiger partial charge in [0.25, 0.3) is 0 Å². The highest BCUT2D eigenvalue weighted by Gasteiger charge is 2.37. The van der Waals surface area contributed by atoms with E-state index in [2.05, 4.69) is 44.3 Å². The van der Waals surface area contributed by atoms with E-state index in [4.69, 9.17) is 4.74 Å². The van der Waals surface area contributed by atoms with Crippen LogP contribution in [0.5, 0.6) is 0 Å². The van der Waals surface area contributed by atoms with E-state index >= 15 is 0 Å². The lowest BCUT2D eigenvalue weighted by atomic mass is 9.85. The van der Waals surface area contributed by atoms with E-state index in [1.807, 2.05) is 18.0 Å². The molecule has 0 spiro atoms. The molecule has 104 valence electrons. The lowest BCUT2D eigenvalue weighted by Crippen LogP contribution is -2.44. The lowest BCUT2D eigenvalue weighted by Gasteiger charge is -2.38. The Morgan fingerprint density at radius 2 is 2.00 bits per heavy atom. The molecule has 1 aromatic heterocycles. The second kappa shape index (κ2) is 6.90. The van der Waals surface area contributed by atoms with Gasteiger partial charge in [-0.05, 0) is 26.3 Å². The second-order valence-corrected chi connectivity index (χ2v) is 4.60. The van der Waals surface area contributed by atoms with E-state index in [0.717, 1.165) is 25.9 Å². The summed E-state index contributed by atoms with van der Waals surface area (Å²) in [7, 11) is 1.81. The third kappa shape index (κ3) is 2.93. The SMILES string of the molecule is CCNC(c1cnn(CC)c1)C(CC)(CC)OC. The van der Waals surface area contributed by atoms with Gasteiger partial charge in [0.15, 0.2) is 0 Å². The van der Waals surface area contributed by atoms with Crippen LogP contribution in [0.3, 0.4) is 0 Å². The number of aromatic nitrogens is 2. The van der Waals surface area contributed by atoms with Crippen molar-refractivity contribution in [2.45, 2.75) is 58.7 Å². The van der Waals surface area contributed by atoms with E-state index < -0.39 is 0 Å². The molecule has 4 nitrogen and oxygen atoms in total. The molecule has 0 bridgehead atoms. The Balaban J connectivity index is 3.06. The molecule has 0 aliphatic rings. The second-order valence-electron chi connectivity index (χ2n) is 4.60. The summed E-state index contributed by atoms with van der Waals surface area (Å²) in [5, 5.41) is 7.93. The van der Waals surface area contributed by atoms with Crippen molar-refractivity contribution < 1.29 is 4.74 Å².